The summed E-state index contributed by atoms with van der Waals surface area (Å²) in [5.41, 5.74) is 0.0831. The highest BCUT2D eigenvalue weighted by Crippen LogP contribution is 2.39. The SMILES string of the molecule is Cc1nnc(CN2CC3CNCC3(CO)C2)s1. The standard InChI is InChI=1S/C11H18N4OS/c1-8-13-14-10(17-8)4-15-3-9-2-12-5-11(9,6-15)7-16/h9,12,16H,2-7H2,1H3. The second kappa shape index (κ2) is 4.28. The lowest BCUT2D eigenvalue weighted by molar-refractivity contribution is 0.124. The zero-order valence-electron chi connectivity index (χ0n) is 10.0. The van der Waals surface area contributed by atoms with Crippen LogP contribution in [0.4, 0.5) is 0 Å². The Morgan fingerprint density at radius 2 is 2.47 bits per heavy atom. The largest absolute Gasteiger partial charge is 0.396 e. The van der Waals surface area contributed by atoms with Gasteiger partial charge in [0.2, 0.25) is 0 Å². The molecule has 2 aliphatic heterocycles. The zero-order valence-corrected chi connectivity index (χ0v) is 10.8. The smallest absolute Gasteiger partial charge is 0.131 e. The van der Waals surface area contributed by atoms with Gasteiger partial charge in [0.15, 0.2) is 0 Å². The number of rotatable bonds is 3. The van der Waals surface area contributed by atoms with Crippen molar-refractivity contribution in [2.45, 2.75) is 13.5 Å². The lowest BCUT2D eigenvalue weighted by Gasteiger charge is -2.25. The van der Waals surface area contributed by atoms with E-state index in [-0.39, 0.29) is 12.0 Å². The highest BCUT2D eigenvalue weighted by Gasteiger charge is 2.49. The van der Waals surface area contributed by atoms with Crippen LogP contribution in [0.3, 0.4) is 0 Å². The number of likely N-dealkylation sites (tertiary alicyclic amines) is 1. The van der Waals surface area contributed by atoms with Crippen LogP contribution in [0, 0.1) is 18.3 Å². The summed E-state index contributed by atoms with van der Waals surface area (Å²) in [6.07, 6.45) is 0. The van der Waals surface area contributed by atoms with Crippen LogP contribution >= 0.6 is 11.3 Å². The summed E-state index contributed by atoms with van der Waals surface area (Å²) < 4.78 is 0. The molecule has 0 aromatic carbocycles. The van der Waals surface area contributed by atoms with Crippen LogP contribution < -0.4 is 5.32 Å². The molecule has 2 unspecified atom stereocenters. The molecule has 6 heteroatoms. The van der Waals surface area contributed by atoms with E-state index in [0.717, 1.165) is 42.7 Å². The third-order valence-corrected chi connectivity index (χ3v) is 4.82. The molecule has 3 heterocycles. The maximum atomic E-state index is 9.62. The highest BCUT2D eigenvalue weighted by atomic mass is 32.1. The van der Waals surface area contributed by atoms with Crippen molar-refractivity contribution in [3.63, 3.8) is 0 Å². The zero-order chi connectivity index (χ0) is 11.9. The Morgan fingerprint density at radius 1 is 1.59 bits per heavy atom. The van der Waals surface area contributed by atoms with Gasteiger partial charge >= 0.3 is 0 Å². The summed E-state index contributed by atoms with van der Waals surface area (Å²) >= 11 is 1.67. The van der Waals surface area contributed by atoms with E-state index in [2.05, 4.69) is 20.4 Å². The van der Waals surface area contributed by atoms with Gasteiger partial charge in [-0.1, -0.05) is 0 Å². The van der Waals surface area contributed by atoms with Gasteiger partial charge in [0.25, 0.3) is 0 Å². The van der Waals surface area contributed by atoms with Gasteiger partial charge in [0.1, 0.15) is 10.0 Å². The molecular weight excluding hydrogens is 236 g/mol. The van der Waals surface area contributed by atoms with Crippen molar-refractivity contribution < 1.29 is 5.11 Å². The summed E-state index contributed by atoms with van der Waals surface area (Å²) in [5.74, 6) is 0.585. The molecule has 17 heavy (non-hydrogen) atoms. The van der Waals surface area contributed by atoms with E-state index in [1.54, 1.807) is 11.3 Å². The first kappa shape index (κ1) is 11.5. The minimum atomic E-state index is 0.0831. The van der Waals surface area contributed by atoms with Crippen molar-refractivity contribution >= 4 is 11.3 Å². The van der Waals surface area contributed by atoms with Gasteiger partial charge < -0.3 is 10.4 Å². The Balaban J connectivity index is 1.68. The minimum Gasteiger partial charge on any atom is -0.396 e. The molecule has 0 aliphatic carbocycles. The molecule has 94 valence electrons. The fraction of sp³-hybridized carbons (Fsp3) is 0.818. The van der Waals surface area contributed by atoms with Gasteiger partial charge in [-0.25, -0.2) is 0 Å². The van der Waals surface area contributed by atoms with Gasteiger partial charge in [-0.05, 0) is 19.4 Å². The Hall–Kier alpha value is -0.560. The van der Waals surface area contributed by atoms with Crippen molar-refractivity contribution in [1.82, 2.24) is 20.4 Å². The Bertz CT molecular complexity index is 410. The van der Waals surface area contributed by atoms with Crippen LogP contribution in [-0.4, -0.2) is 53.0 Å². The first-order chi connectivity index (χ1) is 8.22. The van der Waals surface area contributed by atoms with E-state index >= 15 is 0 Å². The predicted molar refractivity (Wildman–Crippen MR) is 65.8 cm³/mol. The Labute approximate surface area is 105 Å². The molecule has 0 saturated carbocycles. The van der Waals surface area contributed by atoms with Crippen LogP contribution in [0.15, 0.2) is 0 Å². The number of aromatic nitrogens is 2. The number of aliphatic hydroxyl groups is 1. The monoisotopic (exact) mass is 254 g/mol. The minimum absolute atomic E-state index is 0.0831. The summed E-state index contributed by atoms with van der Waals surface area (Å²) in [4.78, 5) is 2.40. The van der Waals surface area contributed by atoms with E-state index in [9.17, 15) is 5.11 Å². The normalized spacial score (nSPS) is 33.2. The van der Waals surface area contributed by atoms with Crippen molar-refractivity contribution in [3.05, 3.63) is 10.0 Å². The molecule has 2 fully saturated rings. The fourth-order valence-electron chi connectivity index (χ4n) is 3.07. The number of hydrogen-bond donors (Lipinski definition) is 2. The number of nitrogens with one attached hydrogen (secondary N) is 1. The predicted octanol–water partition coefficient (Wildman–Crippen LogP) is -0.140. The third kappa shape index (κ3) is 1.99. The van der Waals surface area contributed by atoms with Gasteiger partial charge in [0, 0.05) is 25.0 Å². The molecule has 0 bridgehead atoms. The Morgan fingerprint density at radius 3 is 3.12 bits per heavy atom. The summed E-state index contributed by atoms with van der Waals surface area (Å²) in [6.45, 7) is 7.16. The second-order valence-corrected chi connectivity index (χ2v) is 6.50. The third-order valence-electron chi connectivity index (χ3n) is 3.99. The van der Waals surface area contributed by atoms with Crippen LogP contribution in [-0.2, 0) is 6.54 Å². The number of aliphatic hydroxyl groups excluding tert-OH is 1. The average Bonchev–Trinajstić information content (AvgIpc) is 2.93. The molecule has 1 aromatic heterocycles. The van der Waals surface area contributed by atoms with E-state index in [0.29, 0.717) is 5.92 Å². The molecule has 2 N–H and O–H groups in total. The molecule has 5 nitrogen and oxygen atoms in total. The number of nitrogens with zero attached hydrogens (tertiary/aromatic N) is 3. The summed E-state index contributed by atoms with van der Waals surface area (Å²) in [7, 11) is 0. The van der Waals surface area contributed by atoms with Gasteiger partial charge in [0.05, 0.1) is 13.2 Å². The average molecular weight is 254 g/mol. The quantitative estimate of drug-likeness (QED) is 0.786. The second-order valence-electron chi connectivity index (χ2n) is 5.23. The Kier molecular flexibility index (Phi) is 2.90. The molecule has 2 saturated heterocycles. The number of fused-ring (bicyclic) bond motifs is 1. The molecule has 2 atom stereocenters. The lowest BCUT2D eigenvalue weighted by Crippen LogP contribution is -2.35. The number of aryl methyl sites for hydroxylation is 1. The van der Waals surface area contributed by atoms with Crippen LogP contribution in [0.25, 0.3) is 0 Å². The topological polar surface area (TPSA) is 61.3 Å². The van der Waals surface area contributed by atoms with Gasteiger partial charge in [-0.2, -0.15) is 0 Å². The highest BCUT2D eigenvalue weighted by molar-refractivity contribution is 7.11. The number of hydrogen-bond acceptors (Lipinski definition) is 6. The first-order valence-corrected chi connectivity index (χ1v) is 6.86. The molecule has 0 amide bonds. The van der Waals surface area contributed by atoms with Gasteiger partial charge in [-0.3, -0.25) is 4.90 Å². The van der Waals surface area contributed by atoms with Crippen LogP contribution in [0.2, 0.25) is 0 Å². The summed E-state index contributed by atoms with van der Waals surface area (Å²) in [5, 5.41) is 23.3. The van der Waals surface area contributed by atoms with Crippen LogP contribution in [0.1, 0.15) is 10.0 Å². The van der Waals surface area contributed by atoms with Crippen LogP contribution in [0.5, 0.6) is 0 Å². The molecule has 3 rings (SSSR count). The van der Waals surface area contributed by atoms with E-state index in [1.165, 1.54) is 0 Å². The van der Waals surface area contributed by atoms with E-state index in [4.69, 9.17) is 0 Å². The maximum absolute atomic E-state index is 9.62. The lowest BCUT2D eigenvalue weighted by atomic mass is 9.82. The van der Waals surface area contributed by atoms with Crippen molar-refractivity contribution in [1.29, 1.82) is 0 Å². The summed E-state index contributed by atoms with van der Waals surface area (Å²) in [6, 6.07) is 0. The fourth-order valence-corrected chi connectivity index (χ4v) is 3.82. The van der Waals surface area contributed by atoms with Crippen molar-refractivity contribution in [2.24, 2.45) is 11.3 Å². The van der Waals surface area contributed by atoms with E-state index < -0.39 is 0 Å². The molecular formula is C11H18N4OS. The van der Waals surface area contributed by atoms with Crippen molar-refractivity contribution in [2.75, 3.05) is 32.8 Å². The van der Waals surface area contributed by atoms with Crippen molar-refractivity contribution in [3.8, 4) is 0 Å². The molecule has 0 radical (unpaired) electrons. The van der Waals surface area contributed by atoms with Gasteiger partial charge in [-0.15, -0.1) is 21.5 Å². The molecule has 0 spiro atoms. The molecule has 1 aromatic rings. The van der Waals surface area contributed by atoms with E-state index in [1.807, 2.05) is 6.92 Å². The first-order valence-electron chi connectivity index (χ1n) is 6.05. The maximum Gasteiger partial charge on any atom is 0.131 e. The molecule has 2 aliphatic rings.